The van der Waals surface area contributed by atoms with Gasteiger partial charge in [-0.05, 0) is 19.9 Å². The third-order valence-electron chi connectivity index (χ3n) is 4.24. The quantitative estimate of drug-likeness (QED) is 0.208. The third-order valence-corrected chi connectivity index (χ3v) is 4.24. The van der Waals surface area contributed by atoms with Gasteiger partial charge in [-0.1, -0.05) is 18.2 Å². The Bertz CT molecular complexity index is 554. The van der Waals surface area contributed by atoms with E-state index >= 15 is 0 Å². The Morgan fingerprint density at radius 1 is 1.14 bits per heavy atom. The molecule has 1 saturated heterocycles. The van der Waals surface area contributed by atoms with E-state index in [1.807, 2.05) is 25.1 Å². The summed E-state index contributed by atoms with van der Waals surface area (Å²) in [6.07, 6.45) is 0. The third kappa shape index (κ3) is 9.90. The first-order chi connectivity index (χ1) is 13.3. The number of morpholine rings is 1. The fourth-order valence-corrected chi connectivity index (χ4v) is 2.78. The molecule has 0 unspecified atom stereocenters. The minimum Gasteiger partial charge on any atom is -0.492 e. The first-order valence-corrected chi connectivity index (χ1v) is 9.94. The summed E-state index contributed by atoms with van der Waals surface area (Å²) in [6, 6.07) is 8.11. The first kappa shape index (κ1) is 24.9. The number of halogens is 1. The second-order valence-corrected chi connectivity index (χ2v) is 6.23. The highest BCUT2D eigenvalue weighted by Crippen LogP contribution is 2.19. The Balaban J connectivity index is 0.00000392. The van der Waals surface area contributed by atoms with Gasteiger partial charge in [0.05, 0.1) is 26.4 Å². The lowest BCUT2D eigenvalue weighted by Crippen LogP contribution is -2.39. The minimum absolute atomic E-state index is 0. The molecule has 2 N–H and O–H groups in total. The standard InChI is InChI=1S/C20H34N4O3.HI/c1-3-21-20(22-9-13-25-4-2)23-17-18-7-5-6-8-19(18)27-16-12-24-10-14-26-15-11-24;/h5-8H,3-4,9-17H2,1-2H3,(H2,21,22,23);1H. The zero-order chi connectivity index (χ0) is 19.2. The van der Waals surface area contributed by atoms with Gasteiger partial charge in [0.15, 0.2) is 5.96 Å². The highest BCUT2D eigenvalue weighted by Gasteiger charge is 2.10. The zero-order valence-corrected chi connectivity index (χ0v) is 19.4. The fraction of sp³-hybridized carbons (Fsp3) is 0.650. The van der Waals surface area contributed by atoms with Crippen molar-refractivity contribution in [3.05, 3.63) is 29.8 Å². The predicted octanol–water partition coefficient (Wildman–Crippen LogP) is 2.11. The maximum Gasteiger partial charge on any atom is 0.191 e. The molecule has 1 heterocycles. The molecule has 1 aliphatic rings. The minimum atomic E-state index is 0. The maximum absolute atomic E-state index is 6.03. The van der Waals surface area contributed by atoms with Gasteiger partial charge in [0, 0.05) is 44.9 Å². The van der Waals surface area contributed by atoms with E-state index in [0.29, 0.717) is 19.8 Å². The molecule has 0 saturated carbocycles. The molecule has 28 heavy (non-hydrogen) atoms. The Morgan fingerprint density at radius 2 is 1.93 bits per heavy atom. The lowest BCUT2D eigenvalue weighted by atomic mass is 10.2. The average molecular weight is 506 g/mol. The summed E-state index contributed by atoms with van der Waals surface area (Å²) in [5.41, 5.74) is 1.08. The van der Waals surface area contributed by atoms with Gasteiger partial charge < -0.3 is 24.8 Å². The molecule has 1 aliphatic heterocycles. The Kier molecular flexibility index (Phi) is 14.1. The number of benzene rings is 1. The van der Waals surface area contributed by atoms with Gasteiger partial charge in [-0.3, -0.25) is 4.90 Å². The van der Waals surface area contributed by atoms with Crippen molar-refractivity contribution in [3.63, 3.8) is 0 Å². The number of hydrogen-bond acceptors (Lipinski definition) is 5. The van der Waals surface area contributed by atoms with Crippen molar-refractivity contribution < 1.29 is 14.2 Å². The first-order valence-electron chi connectivity index (χ1n) is 9.94. The summed E-state index contributed by atoms with van der Waals surface area (Å²) < 4.78 is 16.8. The van der Waals surface area contributed by atoms with Crippen molar-refractivity contribution in [2.24, 2.45) is 4.99 Å². The van der Waals surface area contributed by atoms with Crippen LogP contribution >= 0.6 is 24.0 Å². The Hall–Kier alpha value is -1.10. The highest BCUT2D eigenvalue weighted by atomic mass is 127. The topological polar surface area (TPSA) is 67.4 Å². The normalized spacial score (nSPS) is 15.0. The van der Waals surface area contributed by atoms with Gasteiger partial charge >= 0.3 is 0 Å². The summed E-state index contributed by atoms with van der Waals surface area (Å²) in [5.74, 6) is 1.69. The molecule has 0 bridgehead atoms. The van der Waals surface area contributed by atoms with Crippen molar-refractivity contribution in [2.75, 3.05) is 65.8 Å². The average Bonchev–Trinajstić information content (AvgIpc) is 2.71. The molecule has 7 nitrogen and oxygen atoms in total. The van der Waals surface area contributed by atoms with Crippen molar-refractivity contribution in [2.45, 2.75) is 20.4 Å². The molecule has 0 aromatic heterocycles. The van der Waals surface area contributed by atoms with E-state index in [-0.39, 0.29) is 24.0 Å². The van der Waals surface area contributed by atoms with E-state index in [4.69, 9.17) is 14.2 Å². The Labute approximate surface area is 186 Å². The molecule has 2 rings (SSSR count). The maximum atomic E-state index is 6.03. The van der Waals surface area contributed by atoms with Gasteiger partial charge in [-0.2, -0.15) is 0 Å². The molecule has 1 aromatic rings. The number of hydrogen-bond donors (Lipinski definition) is 2. The second kappa shape index (κ2) is 15.8. The zero-order valence-electron chi connectivity index (χ0n) is 17.1. The highest BCUT2D eigenvalue weighted by molar-refractivity contribution is 14.0. The SMILES string of the molecule is CCNC(=NCc1ccccc1OCCN1CCOCC1)NCCOCC.I. The molecule has 160 valence electrons. The second-order valence-electron chi connectivity index (χ2n) is 6.23. The molecule has 0 radical (unpaired) electrons. The summed E-state index contributed by atoms with van der Waals surface area (Å²) in [4.78, 5) is 7.04. The van der Waals surface area contributed by atoms with Crippen LogP contribution in [0.2, 0.25) is 0 Å². The lowest BCUT2D eigenvalue weighted by Gasteiger charge is -2.26. The van der Waals surface area contributed by atoms with Crippen LogP contribution in [0.5, 0.6) is 5.75 Å². The summed E-state index contributed by atoms with van der Waals surface area (Å²) in [6.45, 7) is 12.8. The van der Waals surface area contributed by atoms with Crippen molar-refractivity contribution in [3.8, 4) is 5.75 Å². The monoisotopic (exact) mass is 506 g/mol. The Morgan fingerprint density at radius 3 is 2.68 bits per heavy atom. The molecule has 0 aliphatic carbocycles. The molecule has 0 spiro atoms. The number of rotatable bonds is 11. The molecular formula is C20H35IN4O3. The van der Waals surface area contributed by atoms with Gasteiger partial charge in [0.2, 0.25) is 0 Å². The fourth-order valence-electron chi connectivity index (χ4n) is 2.78. The number of nitrogens with zero attached hydrogens (tertiary/aromatic N) is 2. The van der Waals surface area contributed by atoms with Crippen LogP contribution in [0.1, 0.15) is 19.4 Å². The van der Waals surface area contributed by atoms with E-state index in [9.17, 15) is 0 Å². The van der Waals surface area contributed by atoms with Crippen LogP contribution in [0.25, 0.3) is 0 Å². The van der Waals surface area contributed by atoms with Crippen molar-refractivity contribution in [1.82, 2.24) is 15.5 Å². The number of ether oxygens (including phenoxy) is 3. The van der Waals surface area contributed by atoms with Gasteiger partial charge in [-0.15, -0.1) is 24.0 Å². The molecule has 8 heteroatoms. The predicted molar refractivity (Wildman–Crippen MR) is 124 cm³/mol. The van der Waals surface area contributed by atoms with Crippen LogP contribution in [-0.4, -0.2) is 76.6 Å². The molecule has 0 amide bonds. The van der Waals surface area contributed by atoms with Gasteiger partial charge in [0.1, 0.15) is 12.4 Å². The number of nitrogens with one attached hydrogen (secondary N) is 2. The van der Waals surface area contributed by atoms with Crippen LogP contribution in [0.4, 0.5) is 0 Å². The van der Waals surface area contributed by atoms with Crippen LogP contribution in [0.3, 0.4) is 0 Å². The van der Waals surface area contributed by atoms with Crippen molar-refractivity contribution >= 4 is 29.9 Å². The van der Waals surface area contributed by atoms with Crippen LogP contribution in [0.15, 0.2) is 29.3 Å². The number of para-hydroxylation sites is 1. The molecule has 1 aromatic carbocycles. The van der Waals surface area contributed by atoms with Crippen LogP contribution < -0.4 is 15.4 Å². The number of aliphatic imine (C=N–C) groups is 1. The van der Waals surface area contributed by atoms with Crippen LogP contribution in [-0.2, 0) is 16.0 Å². The van der Waals surface area contributed by atoms with Crippen LogP contribution in [0, 0.1) is 0 Å². The lowest BCUT2D eigenvalue weighted by molar-refractivity contribution is 0.0322. The summed E-state index contributed by atoms with van der Waals surface area (Å²) in [5, 5.41) is 6.55. The molecular weight excluding hydrogens is 471 g/mol. The van der Waals surface area contributed by atoms with E-state index in [0.717, 1.165) is 69.8 Å². The van der Waals surface area contributed by atoms with Gasteiger partial charge in [0.25, 0.3) is 0 Å². The van der Waals surface area contributed by atoms with Crippen molar-refractivity contribution in [1.29, 1.82) is 0 Å². The number of guanidine groups is 1. The largest absolute Gasteiger partial charge is 0.492 e. The molecule has 1 fully saturated rings. The van der Waals surface area contributed by atoms with Gasteiger partial charge in [-0.25, -0.2) is 4.99 Å². The van der Waals surface area contributed by atoms with E-state index in [1.165, 1.54) is 0 Å². The smallest absolute Gasteiger partial charge is 0.191 e. The van der Waals surface area contributed by atoms with E-state index in [1.54, 1.807) is 0 Å². The van der Waals surface area contributed by atoms with E-state index < -0.39 is 0 Å². The summed E-state index contributed by atoms with van der Waals surface area (Å²) in [7, 11) is 0. The molecule has 0 atom stereocenters. The summed E-state index contributed by atoms with van der Waals surface area (Å²) >= 11 is 0. The van der Waals surface area contributed by atoms with E-state index in [2.05, 4.69) is 33.5 Å².